The third kappa shape index (κ3) is 5.10. The van der Waals surface area contributed by atoms with Crippen molar-refractivity contribution in [3.05, 3.63) is 24.3 Å². The average molecular weight is 148 g/mol. The van der Waals surface area contributed by atoms with E-state index in [0.717, 1.165) is 11.3 Å². The predicted molar refractivity (Wildman–Crippen MR) is 47.5 cm³/mol. The molecule has 0 rings (SSSR count). The van der Waals surface area contributed by atoms with Crippen molar-refractivity contribution in [2.24, 2.45) is 4.99 Å². The summed E-state index contributed by atoms with van der Waals surface area (Å²) in [6.07, 6.45) is 4.02. The van der Waals surface area contributed by atoms with Crippen LogP contribution in [0.3, 0.4) is 0 Å². The smallest absolute Gasteiger partial charge is 0.0770 e. The maximum Gasteiger partial charge on any atom is 0.0770 e. The number of allylic oxidation sites excluding steroid dienone is 3. The van der Waals surface area contributed by atoms with Gasteiger partial charge in [0, 0.05) is 12.8 Å². The van der Waals surface area contributed by atoms with Gasteiger partial charge in [-0.25, -0.2) is 0 Å². The molecule has 58 valence electrons. The molecule has 0 bridgehead atoms. The third-order valence-corrected chi connectivity index (χ3v) is 1.11. The first kappa shape index (κ1) is 9.64. The highest BCUT2D eigenvalue weighted by Crippen LogP contribution is 1.93. The van der Waals surface area contributed by atoms with E-state index in [4.69, 9.17) is 5.26 Å². The summed E-state index contributed by atoms with van der Waals surface area (Å²) >= 11 is 0. The van der Waals surface area contributed by atoms with E-state index in [0.29, 0.717) is 6.42 Å². The molecule has 0 saturated heterocycles. The Hall–Kier alpha value is -1.36. The average Bonchev–Trinajstić information content (AvgIpc) is 1.97. The molecule has 0 heterocycles. The Balaban J connectivity index is 4.12. The van der Waals surface area contributed by atoms with Gasteiger partial charge in [-0.05, 0) is 13.0 Å². The zero-order valence-corrected chi connectivity index (χ0v) is 6.96. The molecule has 0 unspecified atom stereocenters. The Kier molecular flexibility index (Phi) is 4.76. The number of aliphatic imine (C=N–C) groups is 1. The first-order valence-electron chi connectivity index (χ1n) is 3.37. The maximum absolute atomic E-state index is 8.35. The Morgan fingerprint density at radius 1 is 1.64 bits per heavy atom. The Morgan fingerprint density at radius 2 is 2.27 bits per heavy atom. The summed E-state index contributed by atoms with van der Waals surface area (Å²) in [5, 5.41) is 8.35. The van der Waals surface area contributed by atoms with E-state index in [1.807, 2.05) is 25.1 Å². The van der Waals surface area contributed by atoms with Crippen LogP contribution in [0.25, 0.3) is 0 Å². The van der Waals surface area contributed by atoms with Crippen molar-refractivity contribution in [1.82, 2.24) is 0 Å². The van der Waals surface area contributed by atoms with Crippen molar-refractivity contribution in [3.8, 4) is 6.07 Å². The SMILES string of the molecule is C=C(C)/C=C\C(CC#N)=NC. The van der Waals surface area contributed by atoms with Crippen LogP contribution >= 0.6 is 0 Å². The van der Waals surface area contributed by atoms with Crippen LogP contribution in [0.1, 0.15) is 13.3 Å². The second-order valence-electron chi connectivity index (χ2n) is 2.23. The second kappa shape index (κ2) is 5.43. The highest BCUT2D eigenvalue weighted by atomic mass is 14.7. The van der Waals surface area contributed by atoms with Gasteiger partial charge in [-0.2, -0.15) is 5.26 Å². The summed E-state index contributed by atoms with van der Waals surface area (Å²) in [5.41, 5.74) is 1.75. The van der Waals surface area contributed by atoms with Gasteiger partial charge in [-0.15, -0.1) is 0 Å². The van der Waals surface area contributed by atoms with Crippen LogP contribution in [0.5, 0.6) is 0 Å². The molecule has 0 aliphatic carbocycles. The van der Waals surface area contributed by atoms with E-state index >= 15 is 0 Å². The molecule has 0 aromatic heterocycles. The molecular formula is C9H12N2. The molecule has 0 radical (unpaired) electrons. The lowest BCUT2D eigenvalue weighted by Crippen LogP contribution is -1.90. The van der Waals surface area contributed by atoms with Crippen molar-refractivity contribution in [2.45, 2.75) is 13.3 Å². The Labute approximate surface area is 67.6 Å². The quantitative estimate of drug-likeness (QED) is 0.446. The molecular weight excluding hydrogens is 136 g/mol. The summed E-state index contributed by atoms with van der Waals surface area (Å²) in [5.74, 6) is 0. The first-order valence-corrected chi connectivity index (χ1v) is 3.37. The predicted octanol–water partition coefficient (Wildman–Crippen LogP) is 2.10. The van der Waals surface area contributed by atoms with Crippen molar-refractivity contribution < 1.29 is 0 Å². The van der Waals surface area contributed by atoms with E-state index < -0.39 is 0 Å². The number of hydrogen-bond acceptors (Lipinski definition) is 2. The van der Waals surface area contributed by atoms with Crippen LogP contribution in [0, 0.1) is 11.3 Å². The summed E-state index contributed by atoms with van der Waals surface area (Å²) in [7, 11) is 1.68. The van der Waals surface area contributed by atoms with Crippen LogP contribution in [-0.4, -0.2) is 12.8 Å². The van der Waals surface area contributed by atoms with Crippen LogP contribution in [-0.2, 0) is 0 Å². The van der Waals surface area contributed by atoms with Crippen molar-refractivity contribution in [3.63, 3.8) is 0 Å². The minimum absolute atomic E-state index is 0.361. The van der Waals surface area contributed by atoms with Crippen LogP contribution < -0.4 is 0 Å². The number of hydrogen-bond donors (Lipinski definition) is 0. The summed E-state index contributed by atoms with van der Waals surface area (Å²) in [6, 6.07) is 2.03. The van der Waals surface area contributed by atoms with E-state index in [2.05, 4.69) is 11.6 Å². The van der Waals surface area contributed by atoms with Gasteiger partial charge >= 0.3 is 0 Å². The largest absolute Gasteiger partial charge is 0.292 e. The van der Waals surface area contributed by atoms with Crippen molar-refractivity contribution in [2.75, 3.05) is 7.05 Å². The monoisotopic (exact) mass is 148 g/mol. The second-order valence-corrected chi connectivity index (χ2v) is 2.23. The molecule has 0 aromatic rings. The number of nitriles is 1. The number of rotatable bonds is 3. The minimum atomic E-state index is 0.361. The molecule has 2 nitrogen and oxygen atoms in total. The lowest BCUT2D eigenvalue weighted by atomic mass is 10.2. The van der Waals surface area contributed by atoms with Crippen molar-refractivity contribution in [1.29, 1.82) is 5.26 Å². The molecule has 0 aliphatic heterocycles. The van der Waals surface area contributed by atoms with Gasteiger partial charge in [0.05, 0.1) is 12.5 Å². The number of nitrogens with zero attached hydrogens (tertiary/aromatic N) is 2. The van der Waals surface area contributed by atoms with Gasteiger partial charge in [0.2, 0.25) is 0 Å². The molecule has 2 heteroatoms. The fourth-order valence-electron chi connectivity index (χ4n) is 0.532. The van der Waals surface area contributed by atoms with Crippen LogP contribution in [0.2, 0.25) is 0 Å². The van der Waals surface area contributed by atoms with Crippen LogP contribution in [0.4, 0.5) is 0 Å². The van der Waals surface area contributed by atoms with Crippen molar-refractivity contribution >= 4 is 5.71 Å². The molecule has 11 heavy (non-hydrogen) atoms. The Bertz CT molecular complexity index is 228. The van der Waals surface area contributed by atoms with Crippen LogP contribution in [0.15, 0.2) is 29.3 Å². The fourth-order valence-corrected chi connectivity index (χ4v) is 0.532. The molecule has 0 fully saturated rings. The first-order chi connectivity index (χ1) is 5.20. The van der Waals surface area contributed by atoms with E-state index in [1.165, 1.54) is 0 Å². The Morgan fingerprint density at radius 3 is 2.64 bits per heavy atom. The molecule has 0 aliphatic rings. The highest BCUT2D eigenvalue weighted by Gasteiger charge is 1.88. The molecule has 0 N–H and O–H groups in total. The summed E-state index contributed by atoms with van der Waals surface area (Å²) in [4.78, 5) is 3.92. The summed E-state index contributed by atoms with van der Waals surface area (Å²) in [6.45, 7) is 5.60. The molecule has 0 spiro atoms. The minimum Gasteiger partial charge on any atom is -0.292 e. The van der Waals surface area contributed by atoms with Gasteiger partial charge in [0.1, 0.15) is 0 Å². The topological polar surface area (TPSA) is 36.1 Å². The van der Waals surface area contributed by atoms with Gasteiger partial charge in [-0.3, -0.25) is 4.99 Å². The fraction of sp³-hybridized carbons (Fsp3) is 0.333. The van der Waals surface area contributed by atoms with Gasteiger partial charge < -0.3 is 0 Å². The zero-order valence-electron chi connectivity index (χ0n) is 6.96. The van der Waals surface area contributed by atoms with Gasteiger partial charge in [0.15, 0.2) is 0 Å². The molecule has 0 amide bonds. The van der Waals surface area contributed by atoms with Gasteiger partial charge in [-0.1, -0.05) is 18.2 Å². The summed E-state index contributed by atoms with van der Waals surface area (Å²) < 4.78 is 0. The van der Waals surface area contributed by atoms with E-state index in [-0.39, 0.29) is 0 Å². The standard InChI is InChI=1S/C9H12N2/c1-8(2)4-5-9(11-3)6-7-10/h4-5H,1,6H2,2-3H3/b5-4-,11-9?. The van der Waals surface area contributed by atoms with E-state index in [9.17, 15) is 0 Å². The lowest BCUT2D eigenvalue weighted by molar-refractivity contribution is 1.34. The molecule has 0 saturated carbocycles. The maximum atomic E-state index is 8.35. The lowest BCUT2D eigenvalue weighted by Gasteiger charge is -1.90. The normalized spacial score (nSPS) is 11.5. The third-order valence-electron chi connectivity index (χ3n) is 1.11. The molecule has 0 aromatic carbocycles. The van der Waals surface area contributed by atoms with Gasteiger partial charge in [0.25, 0.3) is 0 Å². The highest BCUT2D eigenvalue weighted by molar-refractivity contribution is 5.96. The van der Waals surface area contributed by atoms with E-state index in [1.54, 1.807) is 7.05 Å². The molecule has 0 atom stereocenters. The zero-order chi connectivity index (χ0) is 8.69.